The number of amides is 1. The number of sulfonamides is 1. The van der Waals surface area contributed by atoms with Gasteiger partial charge in [0.15, 0.2) is 5.92 Å². The SMILES string of the molecule is O=C(O)C(C(=O)NS(=O)(=O)c1ccc2ccccc2c1)c1ccncc1. The lowest BCUT2D eigenvalue weighted by molar-refractivity contribution is -0.142. The highest BCUT2D eigenvalue weighted by Gasteiger charge is 2.31. The number of pyridine rings is 1. The molecule has 3 rings (SSSR count). The monoisotopic (exact) mass is 370 g/mol. The van der Waals surface area contributed by atoms with E-state index in [9.17, 15) is 23.1 Å². The number of nitrogens with one attached hydrogen (secondary N) is 1. The van der Waals surface area contributed by atoms with Crippen molar-refractivity contribution in [2.45, 2.75) is 10.8 Å². The van der Waals surface area contributed by atoms with Gasteiger partial charge in [0.05, 0.1) is 4.90 Å². The fourth-order valence-corrected chi connectivity index (χ4v) is 3.58. The number of aromatic nitrogens is 1. The minimum atomic E-state index is -4.22. The number of nitrogens with zero attached hydrogens (tertiary/aromatic N) is 1. The molecule has 0 aliphatic rings. The average Bonchev–Trinajstić information content (AvgIpc) is 2.61. The van der Waals surface area contributed by atoms with E-state index in [1.807, 2.05) is 16.9 Å². The van der Waals surface area contributed by atoms with Crippen LogP contribution in [-0.4, -0.2) is 30.4 Å². The third-order valence-corrected chi connectivity index (χ3v) is 5.16. The minimum Gasteiger partial charge on any atom is -0.480 e. The Hall–Kier alpha value is -3.26. The quantitative estimate of drug-likeness (QED) is 0.663. The minimum absolute atomic E-state index is 0.122. The third kappa shape index (κ3) is 3.55. The lowest BCUT2D eigenvalue weighted by Gasteiger charge is -2.13. The molecule has 0 radical (unpaired) electrons. The molecule has 1 amide bonds. The van der Waals surface area contributed by atoms with Crippen molar-refractivity contribution in [2.75, 3.05) is 0 Å². The third-order valence-electron chi connectivity index (χ3n) is 3.81. The summed E-state index contributed by atoms with van der Waals surface area (Å²) in [7, 11) is -4.22. The van der Waals surface area contributed by atoms with Crippen molar-refractivity contribution in [3.63, 3.8) is 0 Å². The second-order valence-corrected chi connectivity index (χ2v) is 7.21. The summed E-state index contributed by atoms with van der Waals surface area (Å²) in [4.78, 5) is 27.4. The van der Waals surface area contributed by atoms with E-state index in [4.69, 9.17) is 0 Å². The van der Waals surface area contributed by atoms with Crippen molar-refractivity contribution in [3.8, 4) is 0 Å². The maximum atomic E-state index is 12.5. The molecular formula is C18H14N2O5S. The molecule has 0 saturated heterocycles. The van der Waals surface area contributed by atoms with Crippen LogP contribution >= 0.6 is 0 Å². The number of carboxylic acid groups (broad SMARTS) is 1. The molecule has 7 nitrogen and oxygen atoms in total. The lowest BCUT2D eigenvalue weighted by atomic mass is 10.0. The highest BCUT2D eigenvalue weighted by atomic mass is 32.2. The van der Waals surface area contributed by atoms with Crippen molar-refractivity contribution in [2.24, 2.45) is 0 Å². The normalized spacial score (nSPS) is 12.5. The van der Waals surface area contributed by atoms with Gasteiger partial charge in [0.1, 0.15) is 0 Å². The molecule has 3 aromatic rings. The van der Waals surface area contributed by atoms with E-state index in [1.54, 1.807) is 18.2 Å². The van der Waals surface area contributed by atoms with Gasteiger partial charge >= 0.3 is 5.97 Å². The average molecular weight is 370 g/mol. The summed E-state index contributed by atoms with van der Waals surface area (Å²) in [5, 5.41) is 10.9. The summed E-state index contributed by atoms with van der Waals surface area (Å²) in [5.74, 6) is -4.26. The molecule has 1 aromatic heterocycles. The molecule has 1 heterocycles. The summed E-state index contributed by atoms with van der Waals surface area (Å²) in [6.45, 7) is 0. The Balaban J connectivity index is 1.91. The van der Waals surface area contributed by atoms with Gasteiger partial charge in [-0.05, 0) is 40.6 Å². The standard InChI is InChI=1S/C18H14N2O5S/c21-17(16(18(22)23)13-7-9-19-10-8-13)20-26(24,25)15-6-5-12-3-1-2-4-14(12)11-15/h1-11,16H,(H,20,21)(H,22,23). The van der Waals surface area contributed by atoms with Gasteiger partial charge in [0, 0.05) is 12.4 Å². The molecule has 0 spiro atoms. The van der Waals surface area contributed by atoms with E-state index in [2.05, 4.69) is 4.98 Å². The van der Waals surface area contributed by atoms with E-state index in [0.717, 1.165) is 5.39 Å². The van der Waals surface area contributed by atoms with Crippen LogP contribution in [0.3, 0.4) is 0 Å². The summed E-state index contributed by atoms with van der Waals surface area (Å²) < 4.78 is 26.9. The number of carbonyl (C=O) groups excluding carboxylic acids is 1. The Morgan fingerprint density at radius 2 is 1.62 bits per heavy atom. The fourth-order valence-electron chi connectivity index (χ4n) is 2.55. The molecular weight excluding hydrogens is 356 g/mol. The Labute approximate surface area is 149 Å². The van der Waals surface area contributed by atoms with E-state index in [1.165, 1.54) is 36.7 Å². The summed E-state index contributed by atoms with van der Waals surface area (Å²) >= 11 is 0. The molecule has 8 heteroatoms. The number of rotatable bonds is 5. The molecule has 0 saturated carbocycles. The first-order valence-electron chi connectivity index (χ1n) is 7.57. The molecule has 0 bridgehead atoms. The van der Waals surface area contributed by atoms with Crippen LogP contribution < -0.4 is 4.72 Å². The zero-order chi connectivity index (χ0) is 18.7. The van der Waals surface area contributed by atoms with Gasteiger partial charge in [-0.2, -0.15) is 0 Å². The first kappa shape index (κ1) is 17.6. The van der Waals surface area contributed by atoms with Gasteiger partial charge in [-0.25, -0.2) is 13.1 Å². The maximum Gasteiger partial charge on any atom is 0.320 e. The van der Waals surface area contributed by atoms with Crippen LogP contribution in [0.2, 0.25) is 0 Å². The van der Waals surface area contributed by atoms with Crippen molar-refractivity contribution in [3.05, 3.63) is 72.6 Å². The number of benzene rings is 2. The van der Waals surface area contributed by atoms with E-state index < -0.39 is 27.8 Å². The highest BCUT2D eigenvalue weighted by molar-refractivity contribution is 7.90. The summed E-state index contributed by atoms with van der Waals surface area (Å²) in [6, 6.07) is 14.3. The molecule has 0 fully saturated rings. The first-order valence-corrected chi connectivity index (χ1v) is 9.05. The van der Waals surface area contributed by atoms with Crippen LogP contribution in [0.15, 0.2) is 71.9 Å². The second-order valence-electron chi connectivity index (χ2n) is 5.53. The topological polar surface area (TPSA) is 113 Å². The number of hydrogen-bond donors (Lipinski definition) is 2. The molecule has 0 aliphatic heterocycles. The van der Waals surface area contributed by atoms with Crippen LogP contribution in [0.1, 0.15) is 11.5 Å². The Morgan fingerprint density at radius 1 is 0.962 bits per heavy atom. The molecule has 26 heavy (non-hydrogen) atoms. The van der Waals surface area contributed by atoms with Crippen LogP contribution in [0.5, 0.6) is 0 Å². The Kier molecular flexibility index (Phi) is 4.68. The molecule has 1 atom stereocenters. The smallest absolute Gasteiger partial charge is 0.320 e. The van der Waals surface area contributed by atoms with Crippen LogP contribution in [0.25, 0.3) is 10.8 Å². The predicted molar refractivity (Wildman–Crippen MR) is 93.9 cm³/mol. The van der Waals surface area contributed by atoms with E-state index >= 15 is 0 Å². The summed E-state index contributed by atoms with van der Waals surface area (Å²) in [6.07, 6.45) is 2.66. The van der Waals surface area contributed by atoms with Crippen molar-refractivity contribution >= 4 is 32.7 Å². The van der Waals surface area contributed by atoms with E-state index in [0.29, 0.717) is 5.39 Å². The second kappa shape index (κ2) is 6.93. The number of carbonyl (C=O) groups is 2. The molecule has 132 valence electrons. The van der Waals surface area contributed by atoms with Gasteiger partial charge in [0.2, 0.25) is 0 Å². The fraction of sp³-hybridized carbons (Fsp3) is 0.0556. The number of fused-ring (bicyclic) bond motifs is 1. The molecule has 0 aliphatic carbocycles. The van der Waals surface area contributed by atoms with Crippen LogP contribution in [-0.2, 0) is 19.6 Å². The van der Waals surface area contributed by atoms with Crippen LogP contribution in [0.4, 0.5) is 0 Å². The highest BCUT2D eigenvalue weighted by Crippen LogP contribution is 2.20. The Bertz CT molecular complexity index is 1080. The van der Waals surface area contributed by atoms with E-state index in [-0.39, 0.29) is 10.5 Å². The summed E-state index contributed by atoms with van der Waals surface area (Å²) in [5.41, 5.74) is 0.138. The maximum absolute atomic E-state index is 12.5. The van der Waals surface area contributed by atoms with Gasteiger partial charge in [-0.1, -0.05) is 30.3 Å². The molecule has 2 aromatic carbocycles. The van der Waals surface area contributed by atoms with Gasteiger partial charge < -0.3 is 5.11 Å². The zero-order valence-corrected chi connectivity index (χ0v) is 14.2. The first-order chi connectivity index (χ1) is 12.4. The number of carboxylic acids is 1. The van der Waals surface area contributed by atoms with Gasteiger partial charge in [-0.3, -0.25) is 14.6 Å². The molecule has 1 unspecified atom stereocenters. The van der Waals surface area contributed by atoms with Crippen molar-refractivity contribution in [1.29, 1.82) is 0 Å². The lowest BCUT2D eigenvalue weighted by Crippen LogP contribution is -2.37. The van der Waals surface area contributed by atoms with Gasteiger partial charge in [0.25, 0.3) is 15.9 Å². The largest absolute Gasteiger partial charge is 0.480 e. The zero-order valence-electron chi connectivity index (χ0n) is 13.4. The van der Waals surface area contributed by atoms with Crippen LogP contribution in [0, 0.1) is 0 Å². The number of aliphatic carboxylic acids is 1. The Morgan fingerprint density at radius 3 is 2.27 bits per heavy atom. The predicted octanol–water partition coefficient (Wildman–Crippen LogP) is 1.91. The van der Waals surface area contributed by atoms with Crippen molar-refractivity contribution < 1.29 is 23.1 Å². The van der Waals surface area contributed by atoms with Gasteiger partial charge in [-0.15, -0.1) is 0 Å². The number of hydrogen-bond acceptors (Lipinski definition) is 5. The van der Waals surface area contributed by atoms with Crippen molar-refractivity contribution in [1.82, 2.24) is 9.71 Å². The molecule has 2 N–H and O–H groups in total.